The van der Waals surface area contributed by atoms with Crippen molar-refractivity contribution >= 4 is 18.2 Å². The molecule has 0 spiro atoms. The Labute approximate surface area is 87.4 Å². The molecule has 14 heavy (non-hydrogen) atoms. The standard InChI is InChI=1S/C8H11N3O2.ClH/c1-10-5-9-7(2-8(10)13)11-3-6(12)4-11;/h2,5-6,12H,3-4H2,1H3;1H. The minimum Gasteiger partial charge on any atom is -0.389 e. The molecule has 0 atom stereocenters. The zero-order valence-corrected chi connectivity index (χ0v) is 8.57. The fourth-order valence-electron chi connectivity index (χ4n) is 1.27. The number of anilines is 1. The zero-order valence-electron chi connectivity index (χ0n) is 7.75. The molecule has 1 aromatic rings. The summed E-state index contributed by atoms with van der Waals surface area (Å²) in [5.74, 6) is 0.647. The maximum atomic E-state index is 11.2. The SMILES string of the molecule is Cl.Cn1cnc(N2CC(O)C2)cc1=O. The Balaban J connectivity index is 0.000000980. The first kappa shape index (κ1) is 11.0. The Morgan fingerprint density at radius 1 is 1.57 bits per heavy atom. The summed E-state index contributed by atoms with van der Waals surface area (Å²) in [6, 6.07) is 1.48. The van der Waals surface area contributed by atoms with Gasteiger partial charge in [0.15, 0.2) is 0 Å². The van der Waals surface area contributed by atoms with Crippen molar-refractivity contribution in [3.05, 3.63) is 22.7 Å². The van der Waals surface area contributed by atoms with Gasteiger partial charge in [-0.3, -0.25) is 4.79 Å². The van der Waals surface area contributed by atoms with Crippen LogP contribution in [0.1, 0.15) is 0 Å². The summed E-state index contributed by atoms with van der Waals surface area (Å²) in [6.45, 7) is 1.14. The molecule has 6 heteroatoms. The number of β-amino-alcohol motifs (C(OH)–C–C–N with tert-alkyl or cyclic N) is 1. The number of hydrogen-bond donors (Lipinski definition) is 1. The summed E-state index contributed by atoms with van der Waals surface area (Å²) in [5.41, 5.74) is -0.0774. The fourth-order valence-corrected chi connectivity index (χ4v) is 1.27. The largest absolute Gasteiger partial charge is 0.389 e. The second-order valence-corrected chi connectivity index (χ2v) is 3.26. The third kappa shape index (κ3) is 1.88. The normalized spacial score (nSPS) is 16.0. The van der Waals surface area contributed by atoms with E-state index in [0.717, 1.165) is 0 Å². The average Bonchev–Trinajstić information content (AvgIpc) is 2.05. The van der Waals surface area contributed by atoms with Crippen molar-refractivity contribution < 1.29 is 5.11 Å². The Kier molecular flexibility index (Phi) is 3.13. The van der Waals surface area contributed by atoms with Gasteiger partial charge in [0, 0.05) is 26.2 Å². The van der Waals surface area contributed by atoms with Crippen LogP contribution in [-0.2, 0) is 7.05 Å². The lowest BCUT2D eigenvalue weighted by Gasteiger charge is -2.36. The van der Waals surface area contributed by atoms with Crippen LogP contribution in [0.3, 0.4) is 0 Å². The number of aliphatic hydroxyl groups excluding tert-OH is 1. The Morgan fingerprint density at radius 2 is 2.21 bits per heavy atom. The fraction of sp³-hybridized carbons (Fsp3) is 0.500. The second-order valence-electron chi connectivity index (χ2n) is 3.26. The van der Waals surface area contributed by atoms with E-state index < -0.39 is 0 Å². The second kappa shape index (κ2) is 3.98. The molecule has 2 rings (SSSR count). The van der Waals surface area contributed by atoms with E-state index in [1.54, 1.807) is 7.05 Å². The maximum absolute atomic E-state index is 11.2. The number of aryl methyl sites for hydroxylation is 1. The van der Waals surface area contributed by atoms with Crippen molar-refractivity contribution in [2.75, 3.05) is 18.0 Å². The summed E-state index contributed by atoms with van der Waals surface area (Å²) in [7, 11) is 1.66. The molecule has 0 unspecified atom stereocenters. The lowest BCUT2D eigenvalue weighted by molar-refractivity contribution is 0.141. The first-order valence-corrected chi connectivity index (χ1v) is 4.12. The summed E-state index contributed by atoms with van der Waals surface area (Å²) in [5, 5.41) is 9.05. The molecule has 78 valence electrons. The number of nitrogens with zero attached hydrogens (tertiary/aromatic N) is 3. The van der Waals surface area contributed by atoms with Gasteiger partial charge in [-0.25, -0.2) is 4.98 Å². The lowest BCUT2D eigenvalue weighted by atomic mass is 10.2. The lowest BCUT2D eigenvalue weighted by Crippen LogP contribution is -2.51. The molecule has 1 N–H and O–H groups in total. The molecule has 0 aromatic carbocycles. The van der Waals surface area contributed by atoms with Gasteiger partial charge < -0.3 is 14.6 Å². The van der Waals surface area contributed by atoms with Gasteiger partial charge in [0.1, 0.15) is 5.82 Å². The number of halogens is 1. The van der Waals surface area contributed by atoms with E-state index in [2.05, 4.69) is 4.98 Å². The van der Waals surface area contributed by atoms with Crippen LogP contribution in [0.15, 0.2) is 17.2 Å². The molecule has 0 aliphatic carbocycles. The Hall–Kier alpha value is -1.07. The smallest absolute Gasteiger partial charge is 0.255 e. The van der Waals surface area contributed by atoms with E-state index in [1.165, 1.54) is 17.0 Å². The van der Waals surface area contributed by atoms with Gasteiger partial charge in [-0.05, 0) is 0 Å². The third-order valence-electron chi connectivity index (χ3n) is 2.15. The number of hydrogen-bond acceptors (Lipinski definition) is 4. The molecular weight excluding hydrogens is 206 g/mol. The van der Waals surface area contributed by atoms with Crippen LogP contribution in [0.5, 0.6) is 0 Å². The van der Waals surface area contributed by atoms with Gasteiger partial charge in [-0.2, -0.15) is 0 Å². The highest BCUT2D eigenvalue weighted by Gasteiger charge is 2.25. The number of rotatable bonds is 1. The molecule has 1 aliphatic rings. The Bertz CT molecular complexity index is 373. The van der Waals surface area contributed by atoms with Crippen LogP contribution in [0.25, 0.3) is 0 Å². The van der Waals surface area contributed by atoms with E-state index in [1.807, 2.05) is 4.90 Å². The highest BCUT2D eigenvalue weighted by Crippen LogP contribution is 2.15. The molecule has 1 aromatic heterocycles. The van der Waals surface area contributed by atoms with E-state index in [4.69, 9.17) is 5.11 Å². The summed E-state index contributed by atoms with van der Waals surface area (Å²) in [6.07, 6.45) is 1.22. The van der Waals surface area contributed by atoms with E-state index in [9.17, 15) is 4.79 Å². The summed E-state index contributed by atoms with van der Waals surface area (Å²) < 4.78 is 1.42. The number of aromatic nitrogens is 2. The van der Waals surface area contributed by atoms with Crippen molar-refractivity contribution in [2.45, 2.75) is 6.10 Å². The van der Waals surface area contributed by atoms with Crippen LogP contribution < -0.4 is 10.5 Å². The van der Waals surface area contributed by atoms with Gasteiger partial charge in [0.2, 0.25) is 0 Å². The first-order chi connectivity index (χ1) is 6.16. The van der Waals surface area contributed by atoms with Crippen molar-refractivity contribution in [2.24, 2.45) is 7.05 Å². The van der Waals surface area contributed by atoms with E-state index in [-0.39, 0.29) is 24.1 Å². The minimum absolute atomic E-state index is 0. The predicted octanol–water partition coefficient (Wildman–Crippen LogP) is -0.617. The molecule has 5 nitrogen and oxygen atoms in total. The highest BCUT2D eigenvalue weighted by atomic mass is 35.5. The zero-order chi connectivity index (χ0) is 9.42. The predicted molar refractivity (Wildman–Crippen MR) is 54.9 cm³/mol. The molecule has 0 radical (unpaired) electrons. The molecule has 2 heterocycles. The summed E-state index contributed by atoms with van der Waals surface area (Å²) in [4.78, 5) is 17.1. The van der Waals surface area contributed by atoms with Gasteiger partial charge >= 0.3 is 0 Å². The molecule has 1 fully saturated rings. The van der Waals surface area contributed by atoms with Crippen molar-refractivity contribution in [3.63, 3.8) is 0 Å². The van der Waals surface area contributed by atoms with Crippen LogP contribution in [-0.4, -0.2) is 33.9 Å². The molecule has 1 saturated heterocycles. The summed E-state index contributed by atoms with van der Waals surface area (Å²) >= 11 is 0. The first-order valence-electron chi connectivity index (χ1n) is 4.12. The maximum Gasteiger partial charge on any atom is 0.255 e. The Morgan fingerprint density at radius 3 is 2.71 bits per heavy atom. The highest BCUT2D eigenvalue weighted by molar-refractivity contribution is 5.85. The van der Waals surface area contributed by atoms with Gasteiger partial charge in [0.25, 0.3) is 5.56 Å². The van der Waals surface area contributed by atoms with Gasteiger partial charge in [-0.1, -0.05) is 0 Å². The van der Waals surface area contributed by atoms with Crippen LogP contribution in [0.4, 0.5) is 5.82 Å². The monoisotopic (exact) mass is 217 g/mol. The molecule has 1 aliphatic heterocycles. The van der Waals surface area contributed by atoms with Crippen LogP contribution >= 0.6 is 12.4 Å². The van der Waals surface area contributed by atoms with E-state index >= 15 is 0 Å². The molecule has 0 bridgehead atoms. The third-order valence-corrected chi connectivity index (χ3v) is 2.15. The minimum atomic E-state index is -0.272. The van der Waals surface area contributed by atoms with E-state index in [0.29, 0.717) is 18.9 Å². The van der Waals surface area contributed by atoms with Crippen LogP contribution in [0, 0.1) is 0 Å². The van der Waals surface area contributed by atoms with Crippen LogP contribution in [0.2, 0.25) is 0 Å². The molecular formula is C8H12ClN3O2. The van der Waals surface area contributed by atoms with Crippen molar-refractivity contribution in [1.82, 2.24) is 9.55 Å². The number of aliphatic hydroxyl groups is 1. The van der Waals surface area contributed by atoms with Crippen molar-refractivity contribution in [3.8, 4) is 0 Å². The molecule has 0 saturated carbocycles. The average molecular weight is 218 g/mol. The van der Waals surface area contributed by atoms with Crippen molar-refractivity contribution in [1.29, 1.82) is 0 Å². The van der Waals surface area contributed by atoms with Gasteiger partial charge in [0.05, 0.1) is 12.4 Å². The topological polar surface area (TPSA) is 58.4 Å². The quantitative estimate of drug-likeness (QED) is 0.682. The molecule has 0 amide bonds. The van der Waals surface area contributed by atoms with Gasteiger partial charge in [-0.15, -0.1) is 12.4 Å².